The Morgan fingerprint density at radius 3 is 2.17 bits per heavy atom. The Balaban J connectivity index is 4.30. The predicted octanol–water partition coefficient (Wildman–Crippen LogP) is 2.06. The van der Waals surface area contributed by atoms with Crippen LogP contribution in [0.3, 0.4) is 0 Å². The normalized spacial score (nSPS) is 13.1. The summed E-state index contributed by atoms with van der Waals surface area (Å²) in [7, 11) is 0. The van der Waals surface area contributed by atoms with E-state index in [0.29, 0.717) is 12.5 Å². The summed E-state index contributed by atoms with van der Waals surface area (Å²) in [6.07, 6.45) is 0.345. The lowest BCUT2D eigenvalue weighted by Gasteiger charge is -2.24. The Morgan fingerprint density at radius 1 is 1.22 bits per heavy atom. The summed E-state index contributed by atoms with van der Waals surface area (Å²) in [5, 5.41) is 5.49. The van der Waals surface area contributed by atoms with Crippen LogP contribution in [0.4, 0.5) is 4.79 Å². The highest BCUT2D eigenvalue weighted by atomic mass is 16.6. The van der Waals surface area contributed by atoms with Crippen LogP contribution in [0.25, 0.3) is 0 Å². The lowest BCUT2D eigenvalue weighted by atomic mass is 10.0. The molecule has 0 unspecified atom stereocenters. The summed E-state index contributed by atoms with van der Waals surface area (Å²) in [5.74, 6) is 0.327. The molecule has 0 aliphatic carbocycles. The first-order valence-corrected chi connectivity index (χ1v) is 6.34. The van der Waals surface area contributed by atoms with Gasteiger partial charge >= 0.3 is 6.09 Å². The highest BCUT2D eigenvalue weighted by Crippen LogP contribution is 2.09. The lowest BCUT2D eigenvalue weighted by molar-refractivity contribution is -0.119. The van der Waals surface area contributed by atoms with Gasteiger partial charge in [-0.25, -0.2) is 4.79 Å². The molecular formula is C13H26N2O3. The number of ether oxygens (including phenoxy) is 1. The summed E-state index contributed by atoms with van der Waals surface area (Å²) in [5.41, 5.74) is -0.513. The molecule has 2 N–H and O–H groups in total. The van der Waals surface area contributed by atoms with Gasteiger partial charge in [-0.3, -0.25) is 4.79 Å². The van der Waals surface area contributed by atoms with E-state index in [4.69, 9.17) is 4.74 Å². The van der Waals surface area contributed by atoms with Crippen LogP contribution >= 0.6 is 0 Å². The van der Waals surface area contributed by atoms with Crippen molar-refractivity contribution in [2.45, 2.75) is 59.6 Å². The number of carbonyl (C=O) groups is 2. The molecular weight excluding hydrogens is 232 g/mol. The van der Waals surface area contributed by atoms with Gasteiger partial charge in [-0.2, -0.15) is 0 Å². The Morgan fingerprint density at radius 2 is 1.78 bits per heavy atom. The van der Waals surface area contributed by atoms with Crippen molar-refractivity contribution in [3.63, 3.8) is 0 Å². The molecule has 0 saturated carbocycles. The van der Waals surface area contributed by atoms with E-state index in [2.05, 4.69) is 24.5 Å². The van der Waals surface area contributed by atoms with Crippen molar-refractivity contribution >= 4 is 12.0 Å². The Hall–Kier alpha value is -1.26. The van der Waals surface area contributed by atoms with E-state index in [9.17, 15) is 9.59 Å². The van der Waals surface area contributed by atoms with E-state index in [1.165, 1.54) is 6.92 Å². The SMILES string of the molecule is CC(=O)NC[C@H](CC(C)C)NC(=O)OC(C)(C)C. The van der Waals surface area contributed by atoms with Crippen LogP contribution in [0.2, 0.25) is 0 Å². The van der Waals surface area contributed by atoms with Crippen molar-refractivity contribution in [3.8, 4) is 0 Å². The maximum absolute atomic E-state index is 11.6. The molecule has 0 aromatic rings. The van der Waals surface area contributed by atoms with Crippen molar-refractivity contribution < 1.29 is 14.3 Å². The zero-order valence-corrected chi connectivity index (χ0v) is 12.3. The Kier molecular flexibility index (Phi) is 6.73. The summed E-state index contributed by atoms with van der Waals surface area (Å²) in [6.45, 7) is 11.5. The molecule has 0 aliphatic rings. The number of amides is 2. The summed E-state index contributed by atoms with van der Waals surface area (Å²) in [6, 6.07) is -0.108. The van der Waals surface area contributed by atoms with Gasteiger partial charge in [-0.05, 0) is 33.1 Å². The third kappa shape index (κ3) is 9.93. The highest BCUT2D eigenvalue weighted by molar-refractivity contribution is 5.73. The molecule has 5 nitrogen and oxygen atoms in total. The van der Waals surface area contributed by atoms with Crippen LogP contribution < -0.4 is 10.6 Å². The van der Waals surface area contributed by atoms with Gasteiger partial charge in [0.1, 0.15) is 5.60 Å². The maximum atomic E-state index is 11.6. The topological polar surface area (TPSA) is 67.4 Å². The molecule has 18 heavy (non-hydrogen) atoms. The number of nitrogens with one attached hydrogen (secondary N) is 2. The quantitative estimate of drug-likeness (QED) is 0.793. The molecule has 0 saturated heterocycles. The van der Waals surface area contributed by atoms with Crippen LogP contribution in [0, 0.1) is 5.92 Å². The van der Waals surface area contributed by atoms with Gasteiger partial charge in [0.05, 0.1) is 0 Å². The molecule has 0 aromatic carbocycles. The van der Waals surface area contributed by atoms with Crippen molar-refractivity contribution in [2.75, 3.05) is 6.54 Å². The van der Waals surface area contributed by atoms with Gasteiger partial charge in [-0.15, -0.1) is 0 Å². The van der Waals surface area contributed by atoms with E-state index in [0.717, 1.165) is 6.42 Å². The second-order valence-corrected chi connectivity index (χ2v) is 5.91. The van der Waals surface area contributed by atoms with E-state index in [1.807, 2.05) is 20.8 Å². The highest BCUT2D eigenvalue weighted by Gasteiger charge is 2.20. The van der Waals surface area contributed by atoms with Crippen molar-refractivity contribution in [2.24, 2.45) is 5.92 Å². The van der Waals surface area contributed by atoms with Crippen molar-refractivity contribution in [1.29, 1.82) is 0 Å². The monoisotopic (exact) mass is 258 g/mol. The Bertz CT molecular complexity index is 282. The second-order valence-electron chi connectivity index (χ2n) is 5.91. The smallest absolute Gasteiger partial charge is 0.407 e. The largest absolute Gasteiger partial charge is 0.444 e. The molecule has 5 heteroatoms. The van der Waals surface area contributed by atoms with Crippen LogP contribution in [0.5, 0.6) is 0 Å². The average molecular weight is 258 g/mol. The molecule has 106 valence electrons. The predicted molar refractivity (Wildman–Crippen MR) is 71.3 cm³/mol. The average Bonchev–Trinajstić information content (AvgIpc) is 2.09. The van der Waals surface area contributed by atoms with Crippen molar-refractivity contribution in [3.05, 3.63) is 0 Å². The fourth-order valence-corrected chi connectivity index (χ4v) is 1.50. The first-order chi connectivity index (χ1) is 8.10. The number of carbonyl (C=O) groups excluding carboxylic acids is 2. The van der Waals surface area contributed by atoms with E-state index in [-0.39, 0.29) is 11.9 Å². The van der Waals surface area contributed by atoms with Gasteiger partial charge < -0.3 is 15.4 Å². The molecule has 0 spiro atoms. The molecule has 0 aliphatic heterocycles. The number of rotatable bonds is 5. The minimum absolute atomic E-state index is 0.102. The van der Waals surface area contributed by atoms with Crippen LogP contribution in [0.1, 0.15) is 48.0 Å². The summed E-state index contributed by atoms with van der Waals surface area (Å²) >= 11 is 0. The summed E-state index contributed by atoms with van der Waals surface area (Å²) < 4.78 is 5.19. The van der Waals surface area contributed by atoms with Crippen LogP contribution in [0.15, 0.2) is 0 Å². The maximum Gasteiger partial charge on any atom is 0.407 e. The number of hydrogen-bond donors (Lipinski definition) is 2. The zero-order chi connectivity index (χ0) is 14.3. The first-order valence-electron chi connectivity index (χ1n) is 6.34. The van der Waals surface area contributed by atoms with E-state index in [1.54, 1.807) is 0 Å². The molecule has 1 atom stereocenters. The molecule has 0 aromatic heterocycles. The minimum Gasteiger partial charge on any atom is -0.444 e. The molecule has 2 amide bonds. The molecule has 0 heterocycles. The minimum atomic E-state index is -0.513. The standard InChI is InChI=1S/C13H26N2O3/c1-9(2)7-11(8-14-10(3)16)15-12(17)18-13(4,5)6/h9,11H,7-8H2,1-6H3,(H,14,16)(H,15,17)/t11-/m0/s1. The fraction of sp³-hybridized carbons (Fsp3) is 0.846. The number of hydrogen-bond acceptors (Lipinski definition) is 3. The molecule has 0 rings (SSSR count). The summed E-state index contributed by atoms with van der Waals surface area (Å²) in [4.78, 5) is 22.5. The van der Waals surface area contributed by atoms with Crippen LogP contribution in [-0.2, 0) is 9.53 Å². The number of alkyl carbamates (subject to hydrolysis) is 1. The van der Waals surface area contributed by atoms with Gasteiger partial charge in [0, 0.05) is 19.5 Å². The lowest BCUT2D eigenvalue weighted by Crippen LogP contribution is -2.45. The molecule has 0 bridgehead atoms. The van der Waals surface area contributed by atoms with Gasteiger partial charge in [0.25, 0.3) is 0 Å². The molecule has 0 fully saturated rings. The van der Waals surface area contributed by atoms with Gasteiger partial charge in [0.15, 0.2) is 0 Å². The van der Waals surface area contributed by atoms with E-state index < -0.39 is 11.7 Å². The third-order valence-corrected chi connectivity index (χ3v) is 2.07. The zero-order valence-electron chi connectivity index (χ0n) is 12.3. The third-order valence-electron chi connectivity index (χ3n) is 2.07. The fourth-order valence-electron chi connectivity index (χ4n) is 1.50. The second kappa shape index (κ2) is 7.24. The van der Waals surface area contributed by atoms with Crippen molar-refractivity contribution in [1.82, 2.24) is 10.6 Å². The Labute approximate surface area is 110 Å². The van der Waals surface area contributed by atoms with Gasteiger partial charge in [0.2, 0.25) is 5.91 Å². The van der Waals surface area contributed by atoms with Gasteiger partial charge in [-0.1, -0.05) is 13.8 Å². The first kappa shape index (κ1) is 16.7. The van der Waals surface area contributed by atoms with E-state index >= 15 is 0 Å². The van der Waals surface area contributed by atoms with Crippen LogP contribution in [-0.4, -0.2) is 30.2 Å². The molecule has 0 radical (unpaired) electrons.